The lowest BCUT2D eigenvalue weighted by atomic mass is 9.64. The van der Waals surface area contributed by atoms with Gasteiger partial charge < -0.3 is 4.74 Å². The quantitative estimate of drug-likeness (QED) is 0.576. The highest BCUT2D eigenvalue weighted by atomic mass is 19.4. The number of hydrogen-bond acceptors (Lipinski definition) is 6. The molecular formula is C28H39F3N6O2. The van der Waals surface area contributed by atoms with Gasteiger partial charge in [0.2, 0.25) is 0 Å². The topological polar surface area (TPSA) is 66.2 Å². The molecule has 214 valence electrons. The molecule has 0 radical (unpaired) electrons. The molecule has 5 aliphatic rings. The van der Waals surface area contributed by atoms with Gasteiger partial charge in [-0.25, -0.2) is 15.6 Å². The number of likely N-dealkylation sites (tertiary alicyclic amines) is 1. The lowest BCUT2D eigenvalue weighted by Crippen LogP contribution is -2.54. The van der Waals surface area contributed by atoms with E-state index in [-0.39, 0.29) is 34.9 Å². The molecule has 0 aromatic carbocycles. The number of hydrogen-bond donors (Lipinski definition) is 2. The number of rotatable bonds is 6. The van der Waals surface area contributed by atoms with Crippen molar-refractivity contribution in [1.82, 2.24) is 29.6 Å². The molecule has 2 saturated carbocycles. The van der Waals surface area contributed by atoms with Gasteiger partial charge in [-0.3, -0.25) is 18.8 Å². The number of nitrogens with one attached hydrogen (secondary N) is 2. The van der Waals surface area contributed by atoms with Gasteiger partial charge >= 0.3 is 11.9 Å². The van der Waals surface area contributed by atoms with Crippen LogP contribution in [0.3, 0.4) is 0 Å². The molecule has 39 heavy (non-hydrogen) atoms. The molecule has 8 nitrogen and oxygen atoms in total. The molecule has 3 saturated heterocycles. The summed E-state index contributed by atoms with van der Waals surface area (Å²) >= 11 is 0. The van der Waals surface area contributed by atoms with Gasteiger partial charge in [-0.15, -0.1) is 0 Å². The van der Waals surface area contributed by atoms with Crippen LogP contribution in [0.2, 0.25) is 0 Å². The first kappa shape index (κ1) is 26.0. The van der Waals surface area contributed by atoms with Crippen molar-refractivity contribution in [2.75, 3.05) is 40.0 Å². The van der Waals surface area contributed by atoms with E-state index < -0.39 is 11.7 Å². The van der Waals surface area contributed by atoms with Crippen molar-refractivity contribution < 1.29 is 17.9 Å². The third kappa shape index (κ3) is 4.45. The fraction of sp³-hybridized carbons (Fsp3) is 0.750. The number of halogens is 3. The number of imidazole rings is 1. The Labute approximate surface area is 226 Å². The predicted octanol–water partition coefficient (Wildman–Crippen LogP) is 3.59. The molecule has 5 heterocycles. The second kappa shape index (κ2) is 9.30. The third-order valence-corrected chi connectivity index (χ3v) is 10.6. The highest BCUT2D eigenvalue weighted by Gasteiger charge is 2.50. The standard InChI is InChI=1S/C28H39F3N6O2/c1-17(35-10-19-6-20(19)11-35)18-7-23(28(29,30)31)24-13-36(26(38)37(24)12-18)22-5-3-4-21(8-22)27(14-39-15-27)9-25-33-32-16-34(25)2/h7,12-13,17,19-22,25,32-33H,3-6,8-11,14-16H2,1-2H3/t17-,19?,20?,21?,22?,25?/m0/s1. The molecule has 11 heteroatoms. The van der Waals surface area contributed by atoms with Crippen molar-refractivity contribution in [3.05, 3.63) is 40.1 Å². The van der Waals surface area contributed by atoms with Gasteiger partial charge in [0.25, 0.3) is 0 Å². The Balaban J connectivity index is 1.19. The normalized spacial score (nSPS) is 33.8. The molecule has 2 aromatic rings. The molecule has 7 rings (SSSR count). The fourth-order valence-corrected chi connectivity index (χ4v) is 7.86. The lowest BCUT2D eigenvalue weighted by molar-refractivity contribution is -0.167. The van der Waals surface area contributed by atoms with Crippen molar-refractivity contribution in [2.45, 2.75) is 69.9 Å². The maximum absolute atomic E-state index is 14.3. The summed E-state index contributed by atoms with van der Waals surface area (Å²) in [4.78, 5) is 18.2. The summed E-state index contributed by atoms with van der Waals surface area (Å²) < 4.78 is 51.5. The van der Waals surface area contributed by atoms with Gasteiger partial charge in [0.1, 0.15) is 0 Å². The van der Waals surface area contributed by atoms with E-state index in [9.17, 15) is 18.0 Å². The van der Waals surface area contributed by atoms with E-state index in [1.807, 2.05) is 6.92 Å². The highest BCUT2D eigenvalue weighted by molar-refractivity contribution is 5.56. The zero-order chi connectivity index (χ0) is 27.1. The van der Waals surface area contributed by atoms with Crippen LogP contribution in [0, 0.1) is 23.2 Å². The first-order valence-electron chi connectivity index (χ1n) is 14.5. The molecule has 0 bridgehead atoms. The number of fused-ring (bicyclic) bond motifs is 2. The molecule has 5 fully saturated rings. The minimum atomic E-state index is -4.54. The van der Waals surface area contributed by atoms with Gasteiger partial charge in [0.15, 0.2) is 0 Å². The molecule has 5 unspecified atom stereocenters. The predicted molar refractivity (Wildman–Crippen MR) is 140 cm³/mol. The summed E-state index contributed by atoms with van der Waals surface area (Å²) in [5, 5.41) is 0. The first-order valence-corrected chi connectivity index (χ1v) is 14.5. The van der Waals surface area contributed by atoms with Crippen LogP contribution in [-0.2, 0) is 10.9 Å². The van der Waals surface area contributed by atoms with Crippen molar-refractivity contribution in [3.63, 3.8) is 0 Å². The van der Waals surface area contributed by atoms with Crippen LogP contribution in [0.1, 0.15) is 68.7 Å². The molecule has 6 atom stereocenters. The van der Waals surface area contributed by atoms with Crippen molar-refractivity contribution in [2.24, 2.45) is 23.2 Å². The van der Waals surface area contributed by atoms with E-state index in [1.165, 1.54) is 23.1 Å². The minimum absolute atomic E-state index is 0.0234. The van der Waals surface area contributed by atoms with Crippen LogP contribution in [0.4, 0.5) is 13.2 Å². The summed E-state index contributed by atoms with van der Waals surface area (Å²) in [5.41, 5.74) is 6.01. The first-order chi connectivity index (χ1) is 18.6. The maximum atomic E-state index is 14.3. The van der Waals surface area contributed by atoms with Gasteiger partial charge in [-0.2, -0.15) is 13.2 Å². The molecule has 0 amide bonds. The Hall–Kier alpha value is -1.92. The molecule has 2 N–H and O–H groups in total. The third-order valence-electron chi connectivity index (χ3n) is 10.6. The van der Waals surface area contributed by atoms with E-state index in [2.05, 4.69) is 27.7 Å². The summed E-state index contributed by atoms with van der Waals surface area (Å²) in [6.45, 7) is 5.99. The van der Waals surface area contributed by atoms with E-state index >= 15 is 0 Å². The Morgan fingerprint density at radius 3 is 2.56 bits per heavy atom. The van der Waals surface area contributed by atoms with Crippen molar-refractivity contribution >= 4 is 5.52 Å². The number of hydrazine groups is 1. The van der Waals surface area contributed by atoms with E-state index in [1.54, 1.807) is 10.8 Å². The smallest absolute Gasteiger partial charge is 0.380 e. The lowest BCUT2D eigenvalue weighted by Gasteiger charge is -2.51. The summed E-state index contributed by atoms with van der Waals surface area (Å²) in [6.07, 6.45) is 4.57. The maximum Gasteiger partial charge on any atom is 0.418 e. The Morgan fingerprint density at radius 2 is 1.92 bits per heavy atom. The van der Waals surface area contributed by atoms with E-state index in [0.29, 0.717) is 36.5 Å². The van der Waals surface area contributed by atoms with Crippen molar-refractivity contribution in [1.29, 1.82) is 0 Å². The summed E-state index contributed by atoms with van der Waals surface area (Å²) in [5.74, 6) is 1.73. The van der Waals surface area contributed by atoms with Crippen LogP contribution in [0.25, 0.3) is 5.52 Å². The van der Waals surface area contributed by atoms with Crippen LogP contribution < -0.4 is 16.5 Å². The van der Waals surface area contributed by atoms with Crippen molar-refractivity contribution in [3.8, 4) is 0 Å². The minimum Gasteiger partial charge on any atom is -0.380 e. The zero-order valence-electron chi connectivity index (χ0n) is 22.7. The monoisotopic (exact) mass is 548 g/mol. The van der Waals surface area contributed by atoms with Gasteiger partial charge in [-0.05, 0) is 75.5 Å². The molecular weight excluding hydrogens is 509 g/mol. The Morgan fingerprint density at radius 1 is 1.15 bits per heavy atom. The van der Waals surface area contributed by atoms with Crippen LogP contribution in [-0.4, -0.2) is 65.0 Å². The summed E-state index contributed by atoms with van der Waals surface area (Å²) in [7, 11) is 2.08. The number of aromatic nitrogens is 2. The SMILES string of the molecule is C[C@@H](c1cc(C(F)(F)F)c2cn(C3CCCC(C4(CC5NNCN5C)COC4)C3)c(=O)n2c1)N1CC2CC2C1. The van der Waals surface area contributed by atoms with Crippen LogP contribution >= 0.6 is 0 Å². The van der Waals surface area contributed by atoms with Crippen LogP contribution in [0.15, 0.2) is 23.3 Å². The molecule has 2 aromatic heterocycles. The average molecular weight is 549 g/mol. The largest absolute Gasteiger partial charge is 0.418 e. The molecule has 0 spiro atoms. The second-order valence-corrected chi connectivity index (χ2v) is 13.0. The molecule has 3 aliphatic heterocycles. The number of piperidine rings is 1. The zero-order valence-corrected chi connectivity index (χ0v) is 22.7. The Bertz CT molecular complexity index is 1290. The van der Waals surface area contributed by atoms with Gasteiger partial charge in [-0.1, -0.05) is 6.42 Å². The highest BCUT2D eigenvalue weighted by Crippen LogP contribution is 2.50. The summed E-state index contributed by atoms with van der Waals surface area (Å²) in [6, 6.07) is 0.999. The van der Waals surface area contributed by atoms with Gasteiger partial charge in [0.05, 0.1) is 37.1 Å². The van der Waals surface area contributed by atoms with E-state index in [0.717, 1.165) is 51.9 Å². The fourth-order valence-electron chi connectivity index (χ4n) is 7.86. The van der Waals surface area contributed by atoms with Crippen LogP contribution in [0.5, 0.6) is 0 Å². The number of alkyl halides is 3. The Kier molecular flexibility index (Phi) is 6.20. The van der Waals surface area contributed by atoms with Gasteiger partial charge in [0, 0.05) is 43.0 Å². The number of ether oxygens (including phenoxy) is 1. The average Bonchev–Trinajstić information content (AvgIpc) is 3.16. The number of pyridine rings is 1. The number of nitrogens with zero attached hydrogens (tertiary/aromatic N) is 4. The van der Waals surface area contributed by atoms with E-state index in [4.69, 9.17) is 4.74 Å². The second-order valence-electron chi connectivity index (χ2n) is 13.0. The molecule has 2 aliphatic carbocycles.